The Morgan fingerprint density at radius 1 is 1.19 bits per heavy atom. The van der Waals surface area contributed by atoms with Crippen molar-refractivity contribution in [1.29, 1.82) is 0 Å². The second kappa shape index (κ2) is 5.85. The van der Waals surface area contributed by atoms with Gasteiger partial charge in [-0.05, 0) is 80.4 Å². The SMILES string of the molecule is COc1ccc(C23CC4CC(CC(C(=O)Nc5nocc5C)(C4)C2)C3)cc1. The van der Waals surface area contributed by atoms with Gasteiger partial charge in [-0.1, -0.05) is 17.3 Å². The third-order valence-electron chi connectivity index (χ3n) is 7.22. The van der Waals surface area contributed by atoms with Gasteiger partial charge in [-0.3, -0.25) is 4.79 Å². The average Bonchev–Trinajstić information content (AvgIpc) is 3.05. The zero-order chi connectivity index (χ0) is 18.6. The van der Waals surface area contributed by atoms with Crippen LogP contribution in [-0.2, 0) is 10.2 Å². The van der Waals surface area contributed by atoms with Gasteiger partial charge >= 0.3 is 0 Å². The summed E-state index contributed by atoms with van der Waals surface area (Å²) >= 11 is 0. The molecule has 0 saturated heterocycles. The number of rotatable bonds is 4. The highest BCUT2D eigenvalue weighted by Crippen LogP contribution is 2.66. The van der Waals surface area contributed by atoms with Crippen LogP contribution >= 0.6 is 0 Å². The molecule has 1 aromatic heterocycles. The minimum Gasteiger partial charge on any atom is -0.497 e. The van der Waals surface area contributed by atoms with Crippen LogP contribution in [0.1, 0.15) is 49.7 Å². The van der Waals surface area contributed by atoms with E-state index in [4.69, 9.17) is 9.26 Å². The fraction of sp³-hybridized carbons (Fsp3) is 0.545. The van der Waals surface area contributed by atoms with E-state index in [0.29, 0.717) is 17.7 Å². The molecule has 1 amide bonds. The molecule has 27 heavy (non-hydrogen) atoms. The maximum absolute atomic E-state index is 13.4. The number of nitrogens with one attached hydrogen (secondary N) is 1. The fourth-order valence-electron chi connectivity index (χ4n) is 6.46. The average molecular weight is 366 g/mol. The molecule has 4 aliphatic carbocycles. The first kappa shape index (κ1) is 16.8. The van der Waals surface area contributed by atoms with E-state index in [0.717, 1.165) is 30.6 Å². The number of ether oxygens (including phenoxy) is 1. The summed E-state index contributed by atoms with van der Waals surface area (Å²) in [6.45, 7) is 1.91. The molecular weight excluding hydrogens is 340 g/mol. The third-order valence-corrected chi connectivity index (χ3v) is 7.22. The minimum atomic E-state index is -0.282. The minimum absolute atomic E-state index is 0.118. The van der Waals surface area contributed by atoms with Crippen molar-refractivity contribution in [2.75, 3.05) is 12.4 Å². The Bertz CT molecular complexity index is 856. The number of carbonyl (C=O) groups excluding carboxylic acids is 1. The molecule has 142 valence electrons. The van der Waals surface area contributed by atoms with Crippen molar-refractivity contribution in [1.82, 2.24) is 5.16 Å². The summed E-state index contributed by atoms with van der Waals surface area (Å²) in [5.74, 6) is 2.85. The lowest BCUT2D eigenvalue weighted by atomic mass is 9.42. The van der Waals surface area contributed by atoms with Gasteiger partial charge in [-0.25, -0.2) is 0 Å². The van der Waals surface area contributed by atoms with Crippen molar-refractivity contribution in [3.05, 3.63) is 41.7 Å². The lowest BCUT2D eigenvalue weighted by molar-refractivity contribution is -0.143. The summed E-state index contributed by atoms with van der Waals surface area (Å²) in [7, 11) is 1.70. The summed E-state index contributed by atoms with van der Waals surface area (Å²) in [5.41, 5.74) is 2.08. The highest BCUT2D eigenvalue weighted by Gasteiger charge is 2.61. The van der Waals surface area contributed by atoms with E-state index < -0.39 is 0 Å². The number of amides is 1. The van der Waals surface area contributed by atoms with Crippen LogP contribution in [0.3, 0.4) is 0 Å². The summed E-state index contributed by atoms with van der Waals surface area (Å²) in [4.78, 5) is 13.4. The second-order valence-corrected chi connectivity index (χ2v) is 9.05. The molecule has 1 aromatic carbocycles. The van der Waals surface area contributed by atoms with E-state index in [1.54, 1.807) is 13.4 Å². The molecule has 2 unspecified atom stereocenters. The van der Waals surface area contributed by atoms with Gasteiger partial charge in [0.1, 0.15) is 12.0 Å². The topological polar surface area (TPSA) is 64.4 Å². The second-order valence-electron chi connectivity index (χ2n) is 9.05. The van der Waals surface area contributed by atoms with Crippen molar-refractivity contribution >= 4 is 11.7 Å². The number of anilines is 1. The third kappa shape index (κ3) is 2.59. The Hall–Kier alpha value is -2.30. The molecule has 1 N–H and O–H groups in total. The van der Waals surface area contributed by atoms with E-state index in [2.05, 4.69) is 34.7 Å². The lowest BCUT2D eigenvalue weighted by Gasteiger charge is -2.61. The molecule has 5 heteroatoms. The number of aromatic nitrogens is 1. The summed E-state index contributed by atoms with van der Waals surface area (Å²) < 4.78 is 10.3. The van der Waals surface area contributed by atoms with Crippen LogP contribution in [0.5, 0.6) is 5.75 Å². The van der Waals surface area contributed by atoms with Gasteiger partial charge in [0.15, 0.2) is 5.82 Å². The van der Waals surface area contributed by atoms with Gasteiger partial charge in [0.2, 0.25) is 5.91 Å². The van der Waals surface area contributed by atoms with Gasteiger partial charge in [-0.2, -0.15) is 0 Å². The van der Waals surface area contributed by atoms with E-state index in [-0.39, 0.29) is 16.7 Å². The zero-order valence-electron chi connectivity index (χ0n) is 16.0. The molecule has 2 atom stereocenters. The van der Waals surface area contributed by atoms with Crippen LogP contribution in [0.2, 0.25) is 0 Å². The molecule has 1 heterocycles. The number of hydrogen-bond donors (Lipinski definition) is 1. The number of hydrogen-bond acceptors (Lipinski definition) is 4. The van der Waals surface area contributed by atoms with Crippen LogP contribution in [0.4, 0.5) is 5.82 Å². The highest BCUT2D eigenvalue weighted by molar-refractivity contribution is 5.95. The number of carbonyl (C=O) groups is 1. The van der Waals surface area contributed by atoms with Gasteiger partial charge in [0.25, 0.3) is 0 Å². The van der Waals surface area contributed by atoms with E-state index >= 15 is 0 Å². The number of methoxy groups -OCH3 is 1. The molecule has 0 aliphatic heterocycles. The normalized spacial score (nSPS) is 33.9. The van der Waals surface area contributed by atoms with Crippen LogP contribution < -0.4 is 10.1 Å². The highest BCUT2D eigenvalue weighted by atomic mass is 16.5. The number of aryl methyl sites for hydroxylation is 1. The van der Waals surface area contributed by atoms with Crippen molar-refractivity contribution in [2.45, 2.75) is 50.9 Å². The fourth-order valence-corrected chi connectivity index (χ4v) is 6.46. The molecule has 2 aromatic rings. The number of nitrogens with zero attached hydrogens (tertiary/aromatic N) is 1. The Kier molecular flexibility index (Phi) is 3.65. The van der Waals surface area contributed by atoms with Crippen LogP contribution in [-0.4, -0.2) is 18.2 Å². The van der Waals surface area contributed by atoms with Gasteiger partial charge < -0.3 is 14.6 Å². The molecule has 6 rings (SSSR count). The summed E-state index contributed by atoms with van der Waals surface area (Å²) in [5, 5.41) is 7.03. The Morgan fingerprint density at radius 3 is 2.48 bits per heavy atom. The van der Waals surface area contributed by atoms with Crippen LogP contribution in [0.15, 0.2) is 35.1 Å². The quantitative estimate of drug-likeness (QED) is 0.867. The zero-order valence-corrected chi connectivity index (χ0v) is 16.0. The molecule has 0 spiro atoms. The maximum Gasteiger partial charge on any atom is 0.231 e. The summed E-state index contributed by atoms with van der Waals surface area (Å²) in [6.07, 6.45) is 8.20. The van der Waals surface area contributed by atoms with Crippen LogP contribution in [0.25, 0.3) is 0 Å². The first-order valence-electron chi connectivity index (χ1n) is 9.89. The molecule has 4 saturated carbocycles. The van der Waals surface area contributed by atoms with Crippen molar-refractivity contribution in [3.8, 4) is 5.75 Å². The molecular formula is C22H26N2O3. The standard InChI is InChI=1S/C22H26N2O3/c1-14-12-27-24-19(14)23-20(25)22-10-15-7-16(11-22)9-21(8-15,13-22)17-3-5-18(26-2)6-4-17/h3-6,12,15-16H,7-11,13H2,1-2H3,(H,23,24,25). The Labute approximate surface area is 159 Å². The van der Waals surface area contributed by atoms with Gasteiger partial charge in [0.05, 0.1) is 12.5 Å². The van der Waals surface area contributed by atoms with Gasteiger partial charge in [0, 0.05) is 5.56 Å². The first-order valence-corrected chi connectivity index (χ1v) is 9.89. The van der Waals surface area contributed by atoms with E-state index in [1.165, 1.54) is 24.8 Å². The van der Waals surface area contributed by atoms with Gasteiger partial charge in [-0.15, -0.1) is 0 Å². The predicted molar refractivity (Wildman–Crippen MR) is 102 cm³/mol. The van der Waals surface area contributed by atoms with Crippen molar-refractivity contribution < 1.29 is 14.1 Å². The van der Waals surface area contributed by atoms with Crippen molar-refractivity contribution in [3.63, 3.8) is 0 Å². The largest absolute Gasteiger partial charge is 0.497 e. The lowest BCUT2D eigenvalue weighted by Crippen LogP contribution is -2.58. The maximum atomic E-state index is 13.4. The molecule has 4 bridgehead atoms. The molecule has 5 nitrogen and oxygen atoms in total. The van der Waals surface area contributed by atoms with E-state index in [9.17, 15) is 4.79 Å². The molecule has 4 aliphatic rings. The van der Waals surface area contributed by atoms with Crippen LogP contribution in [0, 0.1) is 24.2 Å². The van der Waals surface area contributed by atoms with E-state index in [1.807, 2.05) is 6.92 Å². The monoisotopic (exact) mass is 366 g/mol. The predicted octanol–water partition coefficient (Wildman–Crippen LogP) is 4.47. The summed E-state index contributed by atoms with van der Waals surface area (Å²) in [6, 6.07) is 8.53. The molecule has 4 fully saturated rings. The number of benzene rings is 1. The van der Waals surface area contributed by atoms with Crippen molar-refractivity contribution in [2.24, 2.45) is 17.3 Å². The Balaban J connectivity index is 1.48. The molecule has 0 radical (unpaired) electrons. The smallest absolute Gasteiger partial charge is 0.231 e. The first-order chi connectivity index (χ1) is 13.0. The Morgan fingerprint density at radius 2 is 1.89 bits per heavy atom.